The number of rotatable bonds is 3. The summed E-state index contributed by atoms with van der Waals surface area (Å²) in [7, 11) is 2.58. The van der Waals surface area contributed by atoms with E-state index in [0.717, 1.165) is 9.13 Å². The normalized spacial score (nSPS) is 12.1. The van der Waals surface area contributed by atoms with Gasteiger partial charge in [0.2, 0.25) is 5.88 Å². The van der Waals surface area contributed by atoms with E-state index >= 15 is 0 Å². The van der Waals surface area contributed by atoms with Crippen LogP contribution in [0.25, 0.3) is 0 Å². The molecule has 0 spiro atoms. The van der Waals surface area contributed by atoms with Crippen molar-refractivity contribution in [2.45, 2.75) is 12.8 Å². The van der Waals surface area contributed by atoms with Gasteiger partial charge in [-0.2, -0.15) is 0 Å². The fraction of sp³-hybridized carbons (Fsp3) is 0.211. The molecule has 27 heavy (non-hydrogen) atoms. The molecule has 140 valence electrons. The van der Waals surface area contributed by atoms with Gasteiger partial charge in [-0.1, -0.05) is 30.3 Å². The summed E-state index contributed by atoms with van der Waals surface area (Å²) in [6.07, 6.45) is 0. The van der Waals surface area contributed by atoms with Crippen molar-refractivity contribution in [2.24, 2.45) is 14.1 Å². The fourth-order valence-electron chi connectivity index (χ4n) is 3.11. The molecule has 0 amide bonds. The smallest absolute Gasteiger partial charge is 0.343 e. The molecule has 8 heteroatoms. The highest BCUT2D eigenvalue weighted by Gasteiger charge is 2.31. The summed E-state index contributed by atoms with van der Waals surface area (Å²) >= 11 is 0. The highest BCUT2D eigenvalue weighted by atomic mass is 16.4. The molecule has 0 aliphatic rings. The maximum atomic E-state index is 12.8. The van der Waals surface area contributed by atoms with Gasteiger partial charge in [-0.25, -0.2) is 9.59 Å². The molecule has 1 aromatic carbocycles. The van der Waals surface area contributed by atoms with E-state index in [0.29, 0.717) is 5.56 Å². The Hall–Kier alpha value is -3.55. The molecule has 2 aromatic heterocycles. The van der Waals surface area contributed by atoms with E-state index in [4.69, 9.17) is 4.42 Å². The molecule has 3 rings (SSSR count). The predicted molar refractivity (Wildman–Crippen MR) is 97.4 cm³/mol. The first-order chi connectivity index (χ1) is 12.7. The molecular weight excluding hydrogens is 352 g/mol. The Morgan fingerprint density at radius 1 is 0.963 bits per heavy atom. The van der Waals surface area contributed by atoms with Crippen LogP contribution in [-0.4, -0.2) is 19.3 Å². The Morgan fingerprint density at radius 2 is 1.59 bits per heavy atom. The predicted octanol–water partition coefficient (Wildman–Crippen LogP) is 0.937. The van der Waals surface area contributed by atoms with Crippen molar-refractivity contribution in [1.82, 2.24) is 9.13 Å². The Kier molecular flexibility index (Phi) is 4.49. The lowest BCUT2D eigenvalue weighted by molar-refractivity contribution is 0.396. The van der Waals surface area contributed by atoms with Crippen molar-refractivity contribution in [3.05, 3.63) is 90.1 Å². The van der Waals surface area contributed by atoms with Gasteiger partial charge in [-0.05, 0) is 12.5 Å². The van der Waals surface area contributed by atoms with Gasteiger partial charge < -0.3 is 14.6 Å². The summed E-state index contributed by atoms with van der Waals surface area (Å²) in [5.41, 5.74) is -2.26. The summed E-state index contributed by atoms with van der Waals surface area (Å²) in [5.74, 6) is -1.89. The van der Waals surface area contributed by atoms with Crippen LogP contribution in [0.1, 0.15) is 28.4 Å². The molecule has 0 saturated heterocycles. The average Bonchev–Trinajstić information content (AvgIpc) is 2.63. The van der Waals surface area contributed by atoms with Crippen molar-refractivity contribution in [3.8, 4) is 11.6 Å². The molecule has 0 radical (unpaired) electrons. The Morgan fingerprint density at radius 3 is 2.19 bits per heavy atom. The van der Waals surface area contributed by atoms with E-state index < -0.39 is 28.7 Å². The maximum absolute atomic E-state index is 12.8. The second-order valence-corrected chi connectivity index (χ2v) is 6.23. The van der Waals surface area contributed by atoms with Gasteiger partial charge in [-0.15, -0.1) is 0 Å². The topological polar surface area (TPSA) is 115 Å². The van der Waals surface area contributed by atoms with Crippen molar-refractivity contribution in [2.75, 3.05) is 0 Å². The average molecular weight is 370 g/mol. The van der Waals surface area contributed by atoms with Crippen LogP contribution in [0, 0.1) is 6.92 Å². The fourth-order valence-corrected chi connectivity index (χ4v) is 3.11. The standard InChI is InChI=1S/C19H18N2O6/c1-10-9-12(22)14(18(25)27-10)13(11-7-5-4-6-8-11)15-16(23)20(2)19(26)21(3)17(15)24/h4-9,13,22-23H,1-3H3. The van der Waals surface area contributed by atoms with Crippen LogP contribution in [-0.2, 0) is 14.1 Å². The third-order valence-corrected chi connectivity index (χ3v) is 4.47. The summed E-state index contributed by atoms with van der Waals surface area (Å²) in [6, 6.07) is 9.69. The Labute approximate surface area is 153 Å². The van der Waals surface area contributed by atoms with Crippen LogP contribution in [0.2, 0.25) is 0 Å². The van der Waals surface area contributed by atoms with Gasteiger partial charge in [0.05, 0.1) is 17.0 Å². The SMILES string of the molecule is Cc1cc(O)c(C(c2ccccc2)c2c(O)n(C)c(=O)n(C)c2=O)c(=O)o1. The van der Waals surface area contributed by atoms with Crippen LogP contribution in [0.4, 0.5) is 0 Å². The zero-order valence-corrected chi connectivity index (χ0v) is 15.0. The second kappa shape index (κ2) is 6.64. The quantitative estimate of drug-likeness (QED) is 0.709. The zero-order valence-electron chi connectivity index (χ0n) is 15.0. The minimum absolute atomic E-state index is 0.196. The number of aryl methyl sites for hydroxylation is 1. The number of hydrogen-bond donors (Lipinski definition) is 2. The lowest BCUT2D eigenvalue weighted by Gasteiger charge is -2.20. The van der Waals surface area contributed by atoms with Crippen LogP contribution >= 0.6 is 0 Å². The van der Waals surface area contributed by atoms with Crippen LogP contribution in [0.3, 0.4) is 0 Å². The highest BCUT2D eigenvalue weighted by Crippen LogP contribution is 2.36. The lowest BCUT2D eigenvalue weighted by Crippen LogP contribution is -2.40. The molecule has 0 saturated carbocycles. The maximum Gasteiger partial charge on any atom is 0.343 e. The van der Waals surface area contributed by atoms with E-state index in [1.54, 1.807) is 30.3 Å². The second-order valence-electron chi connectivity index (χ2n) is 6.23. The molecule has 0 aliphatic carbocycles. The van der Waals surface area contributed by atoms with Crippen LogP contribution < -0.4 is 16.9 Å². The van der Waals surface area contributed by atoms with E-state index in [-0.39, 0.29) is 22.6 Å². The monoisotopic (exact) mass is 370 g/mol. The molecule has 3 aromatic rings. The molecular formula is C19H18N2O6. The summed E-state index contributed by atoms with van der Waals surface area (Å²) in [5, 5.41) is 21.0. The van der Waals surface area contributed by atoms with Crippen molar-refractivity contribution >= 4 is 0 Å². The largest absolute Gasteiger partial charge is 0.507 e. The molecule has 1 unspecified atom stereocenters. The first-order valence-corrected chi connectivity index (χ1v) is 8.11. The first-order valence-electron chi connectivity index (χ1n) is 8.11. The lowest BCUT2D eigenvalue weighted by atomic mass is 9.86. The van der Waals surface area contributed by atoms with E-state index in [1.807, 2.05) is 0 Å². The molecule has 0 bridgehead atoms. The number of benzene rings is 1. The third kappa shape index (κ3) is 2.95. The van der Waals surface area contributed by atoms with Gasteiger partial charge >= 0.3 is 11.3 Å². The molecule has 0 fully saturated rings. The molecule has 2 N–H and O–H groups in total. The summed E-state index contributed by atoms with van der Waals surface area (Å²) in [6.45, 7) is 1.51. The van der Waals surface area contributed by atoms with E-state index in [1.165, 1.54) is 27.1 Å². The van der Waals surface area contributed by atoms with Crippen molar-refractivity contribution < 1.29 is 14.6 Å². The molecule has 2 heterocycles. The first kappa shape index (κ1) is 18.2. The van der Waals surface area contributed by atoms with Crippen LogP contribution in [0.15, 0.2) is 55.2 Å². The van der Waals surface area contributed by atoms with E-state index in [9.17, 15) is 24.6 Å². The number of aromatic nitrogens is 2. The van der Waals surface area contributed by atoms with E-state index in [2.05, 4.69) is 0 Å². The minimum Gasteiger partial charge on any atom is -0.507 e. The molecule has 1 atom stereocenters. The summed E-state index contributed by atoms with van der Waals surface area (Å²) < 4.78 is 6.84. The minimum atomic E-state index is -1.13. The van der Waals surface area contributed by atoms with Gasteiger partial charge in [0.15, 0.2) is 0 Å². The Bertz CT molecular complexity index is 1190. The van der Waals surface area contributed by atoms with Gasteiger partial charge in [0.25, 0.3) is 5.56 Å². The zero-order chi connectivity index (χ0) is 19.9. The number of aromatic hydroxyl groups is 2. The van der Waals surface area contributed by atoms with Gasteiger partial charge in [0.1, 0.15) is 11.5 Å². The van der Waals surface area contributed by atoms with Crippen molar-refractivity contribution in [3.63, 3.8) is 0 Å². The molecule has 8 nitrogen and oxygen atoms in total. The van der Waals surface area contributed by atoms with Crippen LogP contribution in [0.5, 0.6) is 11.6 Å². The third-order valence-electron chi connectivity index (χ3n) is 4.47. The Balaban J connectivity index is 2.48. The number of hydrogen-bond acceptors (Lipinski definition) is 6. The van der Waals surface area contributed by atoms with Gasteiger partial charge in [-0.3, -0.25) is 13.9 Å². The number of nitrogens with zero attached hydrogens (tertiary/aromatic N) is 2. The van der Waals surface area contributed by atoms with Gasteiger partial charge in [0, 0.05) is 20.2 Å². The van der Waals surface area contributed by atoms with Crippen molar-refractivity contribution in [1.29, 1.82) is 0 Å². The highest BCUT2D eigenvalue weighted by molar-refractivity contribution is 5.49. The summed E-state index contributed by atoms with van der Waals surface area (Å²) in [4.78, 5) is 37.4. The molecule has 0 aliphatic heterocycles.